The van der Waals surface area contributed by atoms with Gasteiger partial charge in [-0.05, 0) is 49.7 Å². The minimum atomic E-state index is -0.600. The second kappa shape index (κ2) is 15.7. The Bertz CT molecular complexity index is 939. The number of anilines is 1. The highest BCUT2D eigenvalue weighted by Gasteiger charge is 2.17. The zero-order chi connectivity index (χ0) is 23.6. The molecule has 0 aromatic heterocycles. The maximum atomic E-state index is 12.1. The Balaban J connectivity index is 0.00000306. The van der Waals surface area contributed by atoms with E-state index >= 15 is 0 Å². The number of rotatable bonds is 9. The number of ether oxygens (including phenoxy) is 1. The molecule has 3 N–H and O–H groups in total. The van der Waals surface area contributed by atoms with Crippen molar-refractivity contribution in [3.8, 4) is 5.75 Å². The zero-order valence-electron chi connectivity index (χ0n) is 19.7. The molecule has 11 heteroatoms. The Kier molecular flexibility index (Phi) is 13.8. The van der Waals surface area contributed by atoms with Crippen LogP contribution >= 0.6 is 36.4 Å². The van der Waals surface area contributed by atoms with Crippen molar-refractivity contribution in [1.29, 1.82) is 0 Å². The average molecular weight is 548 g/mol. The van der Waals surface area contributed by atoms with Gasteiger partial charge < -0.3 is 25.4 Å². The minimum Gasteiger partial charge on any atom is -0.507 e. The smallest absolute Gasteiger partial charge is 0.341 e. The molecule has 0 atom stereocenters. The Hall–Kier alpha value is -2.23. The fourth-order valence-electron chi connectivity index (χ4n) is 3.69. The molecule has 1 aliphatic rings. The van der Waals surface area contributed by atoms with Crippen LogP contribution < -0.4 is 10.6 Å². The summed E-state index contributed by atoms with van der Waals surface area (Å²) in [4.78, 5) is 28.7. The minimum absolute atomic E-state index is 0. The van der Waals surface area contributed by atoms with Gasteiger partial charge in [-0.15, -0.1) is 24.8 Å². The number of nitrogens with one attached hydrogen (secondary N) is 2. The number of aromatic hydroxyl groups is 1. The van der Waals surface area contributed by atoms with E-state index in [-0.39, 0.29) is 48.8 Å². The number of phenolic OH excluding ortho intramolecular Hbond substituents is 1. The van der Waals surface area contributed by atoms with Crippen molar-refractivity contribution in [2.75, 3.05) is 51.2 Å². The van der Waals surface area contributed by atoms with Crippen molar-refractivity contribution in [3.63, 3.8) is 0 Å². The summed E-state index contributed by atoms with van der Waals surface area (Å²) in [5.41, 5.74) is 1.73. The molecule has 2 amide bonds. The summed E-state index contributed by atoms with van der Waals surface area (Å²) in [6.45, 7) is 8.36. The van der Waals surface area contributed by atoms with Gasteiger partial charge in [0.05, 0.1) is 6.61 Å². The largest absolute Gasteiger partial charge is 0.507 e. The molecule has 1 saturated heterocycles. The van der Waals surface area contributed by atoms with Gasteiger partial charge in [0.25, 0.3) is 0 Å². The van der Waals surface area contributed by atoms with E-state index in [1.807, 2.05) is 12.1 Å². The van der Waals surface area contributed by atoms with E-state index in [1.54, 1.807) is 13.0 Å². The maximum absolute atomic E-state index is 12.1. The highest BCUT2D eigenvalue weighted by Crippen LogP contribution is 2.22. The topological polar surface area (TPSA) is 94.1 Å². The van der Waals surface area contributed by atoms with Crippen LogP contribution in [0.25, 0.3) is 0 Å². The first kappa shape index (κ1) is 30.8. The van der Waals surface area contributed by atoms with Crippen LogP contribution in [0, 0.1) is 0 Å². The van der Waals surface area contributed by atoms with Gasteiger partial charge in [0.2, 0.25) is 0 Å². The van der Waals surface area contributed by atoms with Crippen molar-refractivity contribution < 1.29 is 19.4 Å². The molecule has 194 valence electrons. The molecule has 1 fully saturated rings. The van der Waals surface area contributed by atoms with E-state index in [1.165, 1.54) is 17.7 Å². The second-order valence-electron chi connectivity index (χ2n) is 7.93. The van der Waals surface area contributed by atoms with Gasteiger partial charge in [0, 0.05) is 56.0 Å². The molecule has 2 aromatic rings. The van der Waals surface area contributed by atoms with Crippen molar-refractivity contribution in [3.05, 3.63) is 58.6 Å². The number of halogens is 3. The first-order valence-corrected chi connectivity index (χ1v) is 11.6. The first-order valence-electron chi connectivity index (χ1n) is 11.2. The summed E-state index contributed by atoms with van der Waals surface area (Å²) in [7, 11) is 0. The molecule has 1 aliphatic heterocycles. The number of carbonyl (C=O) groups excluding carboxylic acids is 2. The highest BCUT2D eigenvalue weighted by molar-refractivity contribution is 6.30. The van der Waals surface area contributed by atoms with Crippen LogP contribution in [0.4, 0.5) is 10.5 Å². The van der Waals surface area contributed by atoms with Crippen molar-refractivity contribution in [1.82, 2.24) is 15.1 Å². The van der Waals surface area contributed by atoms with Crippen LogP contribution in [0.1, 0.15) is 29.3 Å². The van der Waals surface area contributed by atoms with E-state index < -0.39 is 5.97 Å². The van der Waals surface area contributed by atoms with Gasteiger partial charge in [-0.1, -0.05) is 23.7 Å². The third kappa shape index (κ3) is 10.1. The molecule has 3 rings (SSSR count). The number of piperazine rings is 1. The lowest BCUT2D eigenvalue weighted by atomic mass is 10.2. The van der Waals surface area contributed by atoms with E-state index in [4.69, 9.17) is 16.3 Å². The Morgan fingerprint density at radius 1 is 1.03 bits per heavy atom. The number of carbonyl (C=O) groups is 2. The van der Waals surface area contributed by atoms with Crippen molar-refractivity contribution >= 4 is 54.1 Å². The van der Waals surface area contributed by atoms with Gasteiger partial charge in [-0.2, -0.15) is 0 Å². The summed E-state index contributed by atoms with van der Waals surface area (Å²) >= 11 is 5.95. The number of esters is 1. The Labute approximate surface area is 223 Å². The highest BCUT2D eigenvalue weighted by atomic mass is 35.5. The Morgan fingerprint density at radius 2 is 1.69 bits per heavy atom. The van der Waals surface area contributed by atoms with Gasteiger partial charge in [-0.25, -0.2) is 9.59 Å². The maximum Gasteiger partial charge on any atom is 0.341 e. The quantitative estimate of drug-likeness (QED) is 0.318. The van der Waals surface area contributed by atoms with E-state index in [0.29, 0.717) is 12.2 Å². The Morgan fingerprint density at radius 3 is 2.31 bits per heavy atom. The predicted octanol–water partition coefficient (Wildman–Crippen LogP) is 4.40. The summed E-state index contributed by atoms with van der Waals surface area (Å²) in [5.74, 6) is -0.835. The molecule has 0 spiro atoms. The molecule has 0 bridgehead atoms. The zero-order valence-corrected chi connectivity index (χ0v) is 22.1. The molecule has 0 saturated carbocycles. The van der Waals surface area contributed by atoms with Crippen LogP contribution in [0.3, 0.4) is 0 Å². The van der Waals surface area contributed by atoms with Gasteiger partial charge in [0.1, 0.15) is 11.3 Å². The van der Waals surface area contributed by atoms with Crippen LogP contribution in [-0.2, 0) is 11.3 Å². The molecule has 0 unspecified atom stereocenters. The summed E-state index contributed by atoms with van der Waals surface area (Å²) in [6.07, 6.45) is 0.845. The lowest BCUT2D eigenvalue weighted by molar-refractivity contribution is 0.0523. The lowest BCUT2D eigenvalue weighted by Crippen LogP contribution is -2.46. The molecular formula is C24H33Cl3N4O4. The van der Waals surface area contributed by atoms with Crippen LogP contribution in [0.15, 0.2) is 42.5 Å². The fraction of sp³-hybridized carbons (Fsp3) is 0.417. The molecule has 0 radical (unpaired) electrons. The average Bonchev–Trinajstić information content (AvgIpc) is 2.79. The molecule has 1 heterocycles. The summed E-state index contributed by atoms with van der Waals surface area (Å²) in [6, 6.07) is 11.9. The first-order chi connectivity index (χ1) is 15.9. The van der Waals surface area contributed by atoms with Gasteiger partial charge in [0.15, 0.2) is 0 Å². The standard InChI is InChI=1S/C24H31ClN4O4.2ClH/c1-2-33-23(31)21-9-8-20(16-22(21)30)27-24(32)26-10-3-11-28-12-14-29(15-13-28)17-18-4-6-19(25)7-5-18;;/h4-9,16,30H,2-3,10-15,17H2,1H3,(H2,26,27,32);2*1H. The van der Waals surface area contributed by atoms with E-state index in [9.17, 15) is 14.7 Å². The van der Waals surface area contributed by atoms with Crippen LogP contribution in [-0.4, -0.2) is 72.8 Å². The number of hydrogen-bond donors (Lipinski definition) is 3. The summed E-state index contributed by atoms with van der Waals surface area (Å²) < 4.78 is 4.87. The van der Waals surface area contributed by atoms with Gasteiger partial charge >= 0.3 is 12.0 Å². The SMILES string of the molecule is CCOC(=O)c1ccc(NC(=O)NCCCN2CCN(Cc3ccc(Cl)cc3)CC2)cc1O.Cl.Cl. The van der Waals surface area contributed by atoms with Crippen molar-refractivity contribution in [2.24, 2.45) is 0 Å². The summed E-state index contributed by atoms with van der Waals surface area (Å²) in [5, 5.41) is 16.2. The third-order valence-corrected chi connectivity index (χ3v) is 5.72. The number of phenols is 1. The third-order valence-electron chi connectivity index (χ3n) is 5.47. The molecule has 2 aromatic carbocycles. The lowest BCUT2D eigenvalue weighted by Gasteiger charge is -2.34. The van der Waals surface area contributed by atoms with E-state index in [2.05, 4.69) is 32.6 Å². The predicted molar refractivity (Wildman–Crippen MR) is 143 cm³/mol. The molecular weight excluding hydrogens is 515 g/mol. The molecule has 0 aliphatic carbocycles. The number of amides is 2. The number of nitrogens with zero attached hydrogens (tertiary/aromatic N) is 2. The van der Waals surface area contributed by atoms with Crippen molar-refractivity contribution in [2.45, 2.75) is 19.9 Å². The van der Waals surface area contributed by atoms with E-state index in [0.717, 1.165) is 50.7 Å². The number of benzene rings is 2. The molecule has 35 heavy (non-hydrogen) atoms. The van der Waals surface area contributed by atoms with Crippen LogP contribution in [0.2, 0.25) is 5.02 Å². The number of urea groups is 1. The van der Waals surface area contributed by atoms with Crippen LogP contribution in [0.5, 0.6) is 5.75 Å². The number of hydrogen-bond acceptors (Lipinski definition) is 6. The van der Waals surface area contributed by atoms with Gasteiger partial charge in [-0.3, -0.25) is 4.90 Å². The molecule has 8 nitrogen and oxygen atoms in total. The normalized spacial score (nSPS) is 13.8. The fourth-order valence-corrected chi connectivity index (χ4v) is 3.82. The monoisotopic (exact) mass is 546 g/mol. The second-order valence-corrected chi connectivity index (χ2v) is 8.37.